The molecule has 2 amide bonds. The van der Waals surface area contributed by atoms with Gasteiger partial charge in [0.2, 0.25) is 0 Å². The first-order valence-corrected chi connectivity index (χ1v) is 10.0. The number of thioether (sulfide) groups is 1. The summed E-state index contributed by atoms with van der Waals surface area (Å²) in [5.74, 6) is -1.17. The van der Waals surface area contributed by atoms with Crippen LogP contribution >= 0.6 is 27.7 Å². The maximum atomic E-state index is 12.8. The first-order valence-electron chi connectivity index (χ1n) is 8.43. The van der Waals surface area contributed by atoms with Crippen molar-refractivity contribution in [3.05, 3.63) is 63.5 Å². The zero-order chi connectivity index (χ0) is 20.3. The van der Waals surface area contributed by atoms with Gasteiger partial charge in [0.25, 0.3) is 11.1 Å². The largest absolute Gasteiger partial charge is 0.479 e. The molecule has 8 heteroatoms. The van der Waals surface area contributed by atoms with Crippen molar-refractivity contribution in [1.29, 1.82) is 0 Å². The molecule has 0 spiro atoms. The average Bonchev–Trinajstić information content (AvgIpc) is 2.94. The number of carboxylic acids is 1. The van der Waals surface area contributed by atoms with E-state index in [1.54, 1.807) is 61.5 Å². The number of para-hydroxylation sites is 2. The van der Waals surface area contributed by atoms with E-state index in [2.05, 4.69) is 15.9 Å². The molecule has 28 heavy (non-hydrogen) atoms. The summed E-state index contributed by atoms with van der Waals surface area (Å²) in [6, 6.07) is 13.8. The van der Waals surface area contributed by atoms with Gasteiger partial charge in [-0.25, -0.2) is 9.69 Å². The lowest BCUT2D eigenvalue weighted by Gasteiger charge is -2.15. The van der Waals surface area contributed by atoms with Gasteiger partial charge in [-0.05, 0) is 58.4 Å². The van der Waals surface area contributed by atoms with E-state index in [4.69, 9.17) is 4.74 Å². The molecule has 1 fully saturated rings. The van der Waals surface area contributed by atoms with Gasteiger partial charge in [0.1, 0.15) is 5.75 Å². The summed E-state index contributed by atoms with van der Waals surface area (Å²) in [5, 5.41) is 8.81. The quantitative estimate of drug-likeness (QED) is 0.613. The minimum atomic E-state index is -1.06. The molecule has 0 aliphatic carbocycles. The minimum absolute atomic E-state index is 0.236. The molecule has 144 valence electrons. The van der Waals surface area contributed by atoms with Crippen molar-refractivity contribution in [2.45, 2.75) is 19.4 Å². The van der Waals surface area contributed by atoms with E-state index in [1.807, 2.05) is 0 Å². The molecule has 2 aromatic rings. The second-order valence-corrected chi connectivity index (χ2v) is 7.71. The zero-order valence-corrected chi connectivity index (χ0v) is 17.2. The molecule has 0 radical (unpaired) electrons. The van der Waals surface area contributed by atoms with Crippen LogP contribution in [0.3, 0.4) is 0 Å². The predicted molar refractivity (Wildman–Crippen MR) is 111 cm³/mol. The lowest BCUT2D eigenvalue weighted by Crippen LogP contribution is -2.28. The van der Waals surface area contributed by atoms with Gasteiger partial charge in [-0.1, -0.05) is 37.3 Å². The maximum Gasteiger partial charge on any atom is 0.344 e. The van der Waals surface area contributed by atoms with Crippen molar-refractivity contribution in [1.82, 2.24) is 0 Å². The van der Waals surface area contributed by atoms with Crippen molar-refractivity contribution < 1.29 is 24.2 Å². The summed E-state index contributed by atoms with van der Waals surface area (Å²) < 4.78 is 6.22. The monoisotopic (exact) mass is 461 g/mol. The van der Waals surface area contributed by atoms with Gasteiger partial charge < -0.3 is 9.84 Å². The summed E-state index contributed by atoms with van der Waals surface area (Å²) in [6.45, 7) is 1.71. The fourth-order valence-electron chi connectivity index (χ4n) is 2.62. The van der Waals surface area contributed by atoms with E-state index >= 15 is 0 Å². The number of carboxylic acid groups (broad SMARTS) is 1. The Morgan fingerprint density at radius 2 is 1.89 bits per heavy atom. The third-order valence-electron chi connectivity index (χ3n) is 4.01. The number of benzene rings is 2. The Morgan fingerprint density at radius 3 is 2.57 bits per heavy atom. The molecule has 3 rings (SSSR count). The number of imide groups is 1. The Balaban J connectivity index is 1.93. The molecule has 6 nitrogen and oxygen atoms in total. The molecule has 1 unspecified atom stereocenters. The fraction of sp³-hybridized carbons (Fsp3) is 0.150. The third kappa shape index (κ3) is 4.13. The van der Waals surface area contributed by atoms with Crippen molar-refractivity contribution in [2.24, 2.45) is 0 Å². The van der Waals surface area contributed by atoms with Crippen LogP contribution in [0.25, 0.3) is 6.08 Å². The van der Waals surface area contributed by atoms with Crippen LogP contribution in [0.1, 0.15) is 18.9 Å². The number of ether oxygens (including phenoxy) is 1. The number of amides is 2. The first kappa shape index (κ1) is 20.2. The molecule has 1 N–H and O–H groups in total. The van der Waals surface area contributed by atoms with Crippen LogP contribution in [-0.2, 0) is 9.59 Å². The van der Waals surface area contributed by atoms with Crippen LogP contribution in [0.2, 0.25) is 0 Å². The number of carbonyl (C=O) groups excluding carboxylic acids is 2. The second-order valence-electron chi connectivity index (χ2n) is 5.86. The Hall–Kier alpha value is -2.58. The molecular formula is C20H16BrNO5S. The van der Waals surface area contributed by atoms with Crippen LogP contribution in [0.4, 0.5) is 10.5 Å². The molecule has 0 saturated carbocycles. The number of carbonyl (C=O) groups is 3. The van der Waals surface area contributed by atoms with Gasteiger partial charge in [0.15, 0.2) is 6.10 Å². The minimum Gasteiger partial charge on any atom is -0.479 e. The van der Waals surface area contributed by atoms with E-state index in [0.717, 1.165) is 16.7 Å². The molecule has 0 bridgehead atoms. The number of anilines is 1. The van der Waals surface area contributed by atoms with Crippen molar-refractivity contribution in [3.63, 3.8) is 0 Å². The Labute approximate surface area is 174 Å². The third-order valence-corrected chi connectivity index (χ3v) is 5.55. The number of hydrogen-bond donors (Lipinski definition) is 1. The van der Waals surface area contributed by atoms with Gasteiger partial charge in [-0.3, -0.25) is 9.59 Å². The topological polar surface area (TPSA) is 83.9 Å². The van der Waals surface area contributed by atoms with E-state index in [-0.39, 0.29) is 4.91 Å². The number of nitrogens with zero attached hydrogens (tertiary/aromatic N) is 1. The summed E-state index contributed by atoms with van der Waals surface area (Å²) in [4.78, 5) is 37.9. The summed E-state index contributed by atoms with van der Waals surface area (Å²) in [5.41, 5.74) is 0.995. The molecular weight excluding hydrogens is 446 g/mol. The molecule has 1 atom stereocenters. The van der Waals surface area contributed by atoms with Crippen molar-refractivity contribution in [3.8, 4) is 5.75 Å². The average molecular weight is 462 g/mol. The summed E-state index contributed by atoms with van der Waals surface area (Å²) >= 11 is 4.18. The van der Waals surface area contributed by atoms with Crippen molar-refractivity contribution in [2.75, 3.05) is 4.90 Å². The number of hydrogen-bond acceptors (Lipinski definition) is 5. The van der Waals surface area contributed by atoms with Crippen molar-refractivity contribution >= 4 is 56.6 Å². The highest BCUT2D eigenvalue weighted by molar-refractivity contribution is 9.10. The van der Waals surface area contributed by atoms with Crippen LogP contribution < -0.4 is 9.64 Å². The lowest BCUT2D eigenvalue weighted by atomic mass is 10.1. The van der Waals surface area contributed by atoms with Gasteiger partial charge in [0, 0.05) is 10.0 Å². The molecule has 0 aromatic heterocycles. The van der Waals surface area contributed by atoms with E-state index < -0.39 is 23.2 Å². The number of aliphatic carboxylic acids is 1. The molecule has 1 aliphatic rings. The predicted octanol–water partition coefficient (Wildman–Crippen LogP) is 4.93. The second kappa shape index (κ2) is 8.62. The lowest BCUT2D eigenvalue weighted by molar-refractivity contribution is -0.145. The molecule has 1 saturated heterocycles. The Kier molecular flexibility index (Phi) is 6.21. The molecule has 1 heterocycles. The number of rotatable bonds is 6. The van der Waals surface area contributed by atoms with E-state index in [9.17, 15) is 19.5 Å². The highest BCUT2D eigenvalue weighted by Gasteiger charge is 2.37. The van der Waals surface area contributed by atoms with Gasteiger partial charge in [-0.2, -0.15) is 0 Å². The van der Waals surface area contributed by atoms with E-state index in [1.165, 1.54) is 0 Å². The van der Waals surface area contributed by atoms with E-state index in [0.29, 0.717) is 27.9 Å². The Morgan fingerprint density at radius 1 is 1.21 bits per heavy atom. The number of halogens is 1. The highest BCUT2D eigenvalue weighted by Crippen LogP contribution is 2.39. The smallest absolute Gasteiger partial charge is 0.344 e. The zero-order valence-electron chi connectivity index (χ0n) is 14.8. The standard InChI is InChI=1S/C20H16BrNO5S/c1-2-15(19(24)25)27-16-10-6-3-7-12(16)11-17-18(23)22(20(26)28-17)14-9-5-4-8-13(14)21/h3-11,15H,2H2,1H3,(H,24,25)/b17-11+. The van der Waals surface area contributed by atoms with Crippen LogP contribution in [0.5, 0.6) is 5.75 Å². The van der Waals surface area contributed by atoms with Crippen LogP contribution in [0, 0.1) is 0 Å². The fourth-order valence-corrected chi connectivity index (χ4v) is 3.91. The maximum absolute atomic E-state index is 12.8. The normalized spacial score (nSPS) is 16.5. The van der Waals surface area contributed by atoms with Crippen LogP contribution in [-0.4, -0.2) is 28.3 Å². The SMILES string of the molecule is CCC(Oc1ccccc1/C=C1/SC(=O)N(c2ccccc2Br)C1=O)C(=O)O. The summed E-state index contributed by atoms with van der Waals surface area (Å²) in [7, 11) is 0. The van der Waals surface area contributed by atoms with Gasteiger partial charge >= 0.3 is 5.97 Å². The Bertz CT molecular complexity index is 975. The van der Waals surface area contributed by atoms with Gasteiger partial charge in [-0.15, -0.1) is 0 Å². The first-order chi connectivity index (χ1) is 13.4. The van der Waals surface area contributed by atoms with Gasteiger partial charge in [0.05, 0.1) is 10.6 Å². The highest BCUT2D eigenvalue weighted by atomic mass is 79.9. The molecule has 1 aliphatic heterocycles. The molecule has 2 aromatic carbocycles. The summed E-state index contributed by atoms with van der Waals surface area (Å²) in [6.07, 6.45) is 0.846. The van der Waals surface area contributed by atoms with Crippen LogP contribution in [0.15, 0.2) is 57.9 Å².